The Hall–Kier alpha value is -4.95. The second-order valence-corrected chi connectivity index (χ2v) is 11.1. The molecule has 7 nitrogen and oxygen atoms in total. The van der Waals surface area contributed by atoms with Crippen molar-refractivity contribution in [2.75, 3.05) is 16.8 Å². The molecule has 43 heavy (non-hydrogen) atoms. The summed E-state index contributed by atoms with van der Waals surface area (Å²) < 4.78 is 7.88. The van der Waals surface area contributed by atoms with Crippen LogP contribution in [0.15, 0.2) is 109 Å². The van der Waals surface area contributed by atoms with E-state index in [-0.39, 0.29) is 24.6 Å². The quantitative estimate of drug-likeness (QED) is 0.191. The molecule has 0 saturated carbocycles. The van der Waals surface area contributed by atoms with Crippen molar-refractivity contribution in [3.63, 3.8) is 0 Å². The number of aromatic nitrogens is 2. The van der Waals surface area contributed by atoms with Gasteiger partial charge < -0.3 is 24.8 Å². The number of anilines is 2. The van der Waals surface area contributed by atoms with Gasteiger partial charge in [0.2, 0.25) is 0 Å². The third kappa shape index (κ3) is 5.87. The van der Waals surface area contributed by atoms with E-state index in [4.69, 9.17) is 21.9 Å². The molecule has 1 fully saturated rings. The predicted octanol–water partition coefficient (Wildman–Crippen LogP) is 6.99. The number of hydrogen-bond acceptors (Lipinski definition) is 4. The maximum atomic E-state index is 12.5. The molecule has 3 aromatic carbocycles. The van der Waals surface area contributed by atoms with Crippen LogP contribution >= 0.6 is 12.2 Å². The lowest BCUT2D eigenvalue weighted by atomic mass is 9.96. The maximum Gasteiger partial charge on any atom is 0.262 e. The first kappa shape index (κ1) is 28.2. The minimum atomic E-state index is -0.230. The highest BCUT2D eigenvalue weighted by Crippen LogP contribution is 2.44. The molecule has 0 spiro atoms. The predicted molar refractivity (Wildman–Crippen MR) is 175 cm³/mol. The van der Waals surface area contributed by atoms with E-state index >= 15 is 0 Å². The molecule has 1 amide bonds. The summed E-state index contributed by atoms with van der Waals surface area (Å²) in [5.41, 5.74) is 8.31. The summed E-state index contributed by atoms with van der Waals surface area (Å²) in [7, 11) is 0. The van der Waals surface area contributed by atoms with Crippen LogP contribution in [0.5, 0.6) is 5.75 Å². The van der Waals surface area contributed by atoms with E-state index in [0.717, 1.165) is 34.0 Å². The van der Waals surface area contributed by atoms with Crippen LogP contribution in [0.4, 0.5) is 11.4 Å². The lowest BCUT2D eigenvalue weighted by Crippen LogP contribution is -2.29. The van der Waals surface area contributed by atoms with Crippen LogP contribution < -0.4 is 20.3 Å². The Morgan fingerprint density at radius 1 is 0.907 bits per heavy atom. The van der Waals surface area contributed by atoms with E-state index in [1.54, 1.807) is 0 Å². The van der Waals surface area contributed by atoms with Crippen molar-refractivity contribution in [1.29, 1.82) is 0 Å². The molecule has 6 rings (SSSR count). The van der Waals surface area contributed by atoms with Crippen LogP contribution in [-0.4, -0.2) is 27.2 Å². The van der Waals surface area contributed by atoms with Crippen LogP contribution in [0.3, 0.4) is 0 Å². The molecule has 1 aliphatic rings. The molecular weight excluding hydrogens is 554 g/mol. The highest BCUT2D eigenvalue weighted by molar-refractivity contribution is 7.80. The van der Waals surface area contributed by atoms with Gasteiger partial charge in [-0.1, -0.05) is 36.4 Å². The summed E-state index contributed by atoms with van der Waals surface area (Å²) in [5, 5.41) is 7.09. The first-order chi connectivity index (χ1) is 20.9. The van der Waals surface area contributed by atoms with Gasteiger partial charge in [-0.2, -0.15) is 0 Å². The van der Waals surface area contributed by atoms with Crippen molar-refractivity contribution in [3.8, 4) is 11.4 Å². The molecule has 2 aromatic heterocycles. The topological polar surface area (TPSA) is 71.4 Å². The summed E-state index contributed by atoms with van der Waals surface area (Å²) in [6.45, 7) is 6.34. The number of pyridine rings is 1. The number of thiocarbonyl (C=S) groups is 1. The van der Waals surface area contributed by atoms with Crippen molar-refractivity contribution in [3.05, 3.63) is 138 Å². The molecule has 0 bridgehead atoms. The van der Waals surface area contributed by atoms with E-state index in [2.05, 4.69) is 71.2 Å². The van der Waals surface area contributed by atoms with Crippen molar-refractivity contribution in [1.82, 2.24) is 14.9 Å². The number of nitrogens with one attached hydrogen (secondary N) is 2. The Labute approximate surface area is 257 Å². The summed E-state index contributed by atoms with van der Waals surface area (Å²) in [4.78, 5) is 19.4. The number of nitrogens with zero attached hydrogens (tertiary/aromatic N) is 3. The van der Waals surface area contributed by atoms with E-state index in [1.165, 1.54) is 5.56 Å². The first-order valence-electron chi connectivity index (χ1n) is 14.2. The van der Waals surface area contributed by atoms with Gasteiger partial charge in [-0.25, -0.2) is 0 Å². The molecule has 0 unspecified atom stereocenters. The Kier molecular flexibility index (Phi) is 7.94. The van der Waals surface area contributed by atoms with Gasteiger partial charge in [0.25, 0.3) is 5.91 Å². The monoisotopic (exact) mass is 587 g/mol. The van der Waals surface area contributed by atoms with Gasteiger partial charge in [-0.05, 0) is 111 Å². The molecule has 0 radical (unpaired) electrons. The van der Waals surface area contributed by atoms with Gasteiger partial charge in [0.1, 0.15) is 5.75 Å². The van der Waals surface area contributed by atoms with Crippen LogP contribution in [0.2, 0.25) is 0 Å². The standard InChI is InChI=1S/C35H33N5O2S/c1-23-10-9-11-28(20-23)39-24(2)21-30(25(39)3)34-33(31-14-7-8-19-36-31)38-35(43)40(34)27-17-15-26(16-18-27)37-32(41)22-42-29-12-5-4-6-13-29/h4-21,33-34H,22H2,1-3H3,(H,37,41)(H,38,43)/t33-,34+/m0/s1. The lowest BCUT2D eigenvalue weighted by molar-refractivity contribution is -0.118. The number of carbonyl (C=O) groups is 1. The fourth-order valence-corrected chi connectivity index (χ4v) is 6.11. The molecule has 1 aliphatic heterocycles. The van der Waals surface area contributed by atoms with Crippen molar-refractivity contribution < 1.29 is 9.53 Å². The van der Waals surface area contributed by atoms with E-state index in [9.17, 15) is 4.79 Å². The zero-order chi connectivity index (χ0) is 29.9. The Morgan fingerprint density at radius 2 is 1.67 bits per heavy atom. The zero-order valence-electron chi connectivity index (χ0n) is 24.3. The minimum Gasteiger partial charge on any atom is -0.484 e. The zero-order valence-corrected chi connectivity index (χ0v) is 25.1. The second kappa shape index (κ2) is 12.1. The number of rotatable bonds is 8. The molecule has 1 saturated heterocycles. The average molecular weight is 588 g/mol. The number of aryl methyl sites for hydroxylation is 2. The van der Waals surface area contributed by atoms with E-state index in [0.29, 0.717) is 16.5 Å². The van der Waals surface area contributed by atoms with Gasteiger partial charge in [0.15, 0.2) is 11.7 Å². The van der Waals surface area contributed by atoms with Crippen LogP contribution in [0.25, 0.3) is 5.69 Å². The van der Waals surface area contributed by atoms with Gasteiger partial charge >= 0.3 is 0 Å². The fourth-order valence-electron chi connectivity index (χ4n) is 5.77. The largest absolute Gasteiger partial charge is 0.484 e. The van der Waals surface area contributed by atoms with Gasteiger partial charge in [-0.3, -0.25) is 9.78 Å². The van der Waals surface area contributed by atoms with Crippen LogP contribution in [0.1, 0.15) is 40.3 Å². The molecule has 2 N–H and O–H groups in total. The number of ether oxygens (including phenoxy) is 1. The second-order valence-electron chi connectivity index (χ2n) is 10.7. The number of para-hydroxylation sites is 1. The summed E-state index contributed by atoms with van der Waals surface area (Å²) in [6.07, 6.45) is 1.81. The van der Waals surface area contributed by atoms with E-state index in [1.807, 2.05) is 79.0 Å². The third-order valence-corrected chi connectivity index (χ3v) is 8.00. The normalized spacial score (nSPS) is 16.2. The third-order valence-electron chi connectivity index (χ3n) is 7.69. The Balaban J connectivity index is 1.31. The summed E-state index contributed by atoms with van der Waals surface area (Å²) >= 11 is 5.95. The molecular formula is C35H33N5O2S. The fraction of sp³-hybridized carbons (Fsp3) is 0.171. The molecule has 216 valence electrons. The van der Waals surface area contributed by atoms with Gasteiger partial charge in [-0.15, -0.1) is 0 Å². The van der Waals surface area contributed by atoms with Gasteiger partial charge in [0, 0.05) is 34.6 Å². The Bertz CT molecular complexity index is 1750. The smallest absolute Gasteiger partial charge is 0.262 e. The molecule has 5 aromatic rings. The number of carbonyl (C=O) groups excluding carboxylic acids is 1. The van der Waals surface area contributed by atoms with Crippen LogP contribution in [-0.2, 0) is 4.79 Å². The number of benzene rings is 3. The summed E-state index contributed by atoms with van der Waals surface area (Å²) in [5.74, 6) is 0.421. The van der Waals surface area contributed by atoms with Crippen molar-refractivity contribution in [2.45, 2.75) is 32.9 Å². The molecule has 8 heteroatoms. The lowest BCUT2D eigenvalue weighted by Gasteiger charge is -2.28. The minimum absolute atomic E-state index is 0.0731. The first-order valence-corrected chi connectivity index (χ1v) is 14.6. The molecule has 3 heterocycles. The van der Waals surface area contributed by atoms with Crippen molar-refractivity contribution >= 4 is 34.6 Å². The molecule has 0 aliphatic carbocycles. The average Bonchev–Trinajstić information content (AvgIpc) is 3.52. The Morgan fingerprint density at radius 3 is 2.40 bits per heavy atom. The highest BCUT2D eigenvalue weighted by Gasteiger charge is 2.42. The van der Waals surface area contributed by atoms with E-state index < -0.39 is 0 Å². The SMILES string of the molecule is Cc1cccc(-n2c(C)cc([C@@H]3[C@H](c4ccccn4)NC(=S)N3c3ccc(NC(=O)COc4ccccc4)cc3)c2C)c1. The number of hydrogen-bond donors (Lipinski definition) is 2. The van der Waals surface area contributed by atoms with Crippen LogP contribution in [0, 0.1) is 20.8 Å². The molecule has 2 atom stereocenters. The number of amides is 1. The summed E-state index contributed by atoms with van der Waals surface area (Å²) in [6, 6.07) is 33.5. The highest BCUT2D eigenvalue weighted by atomic mass is 32.1. The van der Waals surface area contributed by atoms with Crippen molar-refractivity contribution in [2.24, 2.45) is 0 Å². The maximum absolute atomic E-state index is 12.5. The van der Waals surface area contributed by atoms with Gasteiger partial charge in [0.05, 0.1) is 17.8 Å².